The monoisotopic (exact) mass is 269 g/mol. The molecule has 1 N–H and O–H groups in total. The second kappa shape index (κ2) is 8.54. The first-order valence-corrected chi connectivity index (χ1v) is 7.83. The molecule has 0 aromatic carbocycles. The normalized spacial score (nSPS) is 17.5. The fraction of sp³-hybridized carbons (Fsp3) is 0.933. The van der Waals surface area contributed by atoms with Gasteiger partial charge >= 0.3 is 0 Å². The maximum atomic E-state index is 12.1. The lowest BCUT2D eigenvalue weighted by atomic mass is 10.0. The first-order valence-electron chi connectivity index (χ1n) is 7.83. The van der Waals surface area contributed by atoms with Gasteiger partial charge in [-0.2, -0.15) is 0 Å². The maximum Gasteiger partial charge on any atom is 0.223 e. The zero-order valence-electron chi connectivity index (χ0n) is 13.1. The first kappa shape index (κ1) is 16.4. The van der Waals surface area contributed by atoms with Crippen LogP contribution < -0.4 is 5.32 Å². The maximum absolute atomic E-state index is 12.1. The molecule has 4 heteroatoms. The van der Waals surface area contributed by atoms with Gasteiger partial charge in [-0.3, -0.25) is 4.79 Å². The van der Waals surface area contributed by atoms with Gasteiger partial charge in [0.05, 0.1) is 0 Å². The Bertz CT molecular complexity index is 256. The van der Waals surface area contributed by atoms with Gasteiger partial charge in [-0.15, -0.1) is 0 Å². The van der Waals surface area contributed by atoms with Crippen molar-refractivity contribution in [1.29, 1.82) is 0 Å². The number of amides is 1. The van der Waals surface area contributed by atoms with Crippen molar-refractivity contribution in [1.82, 2.24) is 15.1 Å². The van der Waals surface area contributed by atoms with Crippen molar-refractivity contribution in [3.63, 3.8) is 0 Å². The van der Waals surface area contributed by atoms with E-state index in [0.29, 0.717) is 24.4 Å². The molecule has 1 rings (SSSR count). The van der Waals surface area contributed by atoms with Gasteiger partial charge < -0.3 is 15.1 Å². The van der Waals surface area contributed by atoms with E-state index in [2.05, 4.69) is 37.9 Å². The topological polar surface area (TPSA) is 35.6 Å². The molecule has 0 aromatic heterocycles. The summed E-state index contributed by atoms with van der Waals surface area (Å²) in [5, 5.41) is 3.31. The molecule has 1 heterocycles. The van der Waals surface area contributed by atoms with E-state index in [0.717, 1.165) is 45.6 Å². The van der Waals surface area contributed by atoms with Crippen LogP contribution >= 0.6 is 0 Å². The summed E-state index contributed by atoms with van der Waals surface area (Å²) >= 11 is 0. The van der Waals surface area contributed by atoms with Crippen molar-refractivity contribution in [2.24, 2.45) is 0 Å². The number of carbonyl (C=O) groups excluding carboxylic acids is 1. The zero-order chi connectivity index (χ0) is 14.3. The predicted molar refractivity (Wildman–Crippen MR) is 80.3 cm³/mol. The summed E-state index contributed by atoms with van der Waals surface area (Å²) in [7, 11) is 0. The van der Waals surface area contributed by atoms with Gasteiger partial charge in [0.2, 0.25) is 5.91 Å². The number of nitrogens with zero attached hydrogens (tertiary/aromatic N) is 2. The van der Waals surface area contributed by atoms with Crippen LogP contribution in [0.1, 0.15) is 47.0 Å². The molecule has 0 aromatic rings. The summed E-state index contributed by atoms with van der Waals surface area (Å²) in [6.07, 6.45) is 2.89. The van der Waals surface area contributed by atoms with Gasteiger partial charge in [0.15, 0.2) is 0 Å². The summed E-state index contributed by atoms with van der Waals surface area (Å²) in [6, 6.07) is 1.13. The molecule has 0 spiro atoms. The smallest absolute Gasteiger partial charge is 0.223 e. The van der Waals surface area contributed by atoms with Crippen molar-refractivity contribution in [3.05, 3.63) is 0 Å². The highest BCUT2D eigenvalue weighted by molar-refractivity contribution is 5.76. The third kappa shape index (κ3) is 5.49. The van der Waals surface area contributed by atoms with E-state index in [4.69, 9.17) is 0 Å². The number of hydrogen-bond donors (Lipinski definition) is 1. The minimum absolute atomic E-state index is 0.311. The Morgan fingerprint density at radius 1 is 1.26 bits per heavy atom. The molecule has 1 fully saturated rings. The summed E-state index contributed by atoms with van der Waals surface area (Å²) in [6.45, 7) is 13.6. The van der Waals surface area contributed by atoms with E-state index in [1.54, 1.807) is 0 Å². The second-order valence-electron chi connectivity index (χ2n) is 5.69. The molecule has 0 saturated carbocycles. The van der Waals surface area contributed by atoms with E-state index in [1.165, 1.54) is 0 Å². The molecule has 0 radical (unpaired) electrons. The average Bonchev–Trinajstić information content (AvgIpc) is 2.40. The molecule has 0 unspecified atom stereocenters. The number of carbonyl (C=O) groups is 1. The molecule has 1 aliphatic heterocycles. The standard InChI is InChI=1S/C15H31N3O/c1-5-17(6-2)14-8-11-18(12-9-14)15(19)7-10-16-13(3)4/h13-14,16H,5-12H2,1-4H3. The molecule has 19 heavy (non-hydrogen) atoms. The number of piperidine rings is 1. The Balaban J connectivity index is 2.27. The third-order valence-corrected chi connectivity index (χ3v) is 4.04. The number of rotatable bonds is 7. The van der Waals surface area contributed by atoms with Gasteiger partial charge in [-0.25, -0.2) is 0 Å². The van der Waals surface area contributed by atoms with Crippen LogP contribution in [0.5, 0.6) is 0 Å². The molecule has 1 amide bonds. The minimum Gasteiger partial charge on any atom is -0.343 e. The molecule has 4 nitrogen and oxygen atoms in total. The van der Waals surface area contributed by atoms with Crippen LogP contribution in [-0.4, -0.2) is 60.5 Å². The van der Waals surface area contributed by atoms with E-state index in [9.17, 15) is 4.79 Å². The number of hydrogen-bond acceptors (Lipinski definition) is 3. The van der Waals surface area contributed by atoms with E-state index in [-0.39, 0.29) is 0 Å². The van der Waals surface area contributed by atoms with E-state index < -0.39 is 0 Å². The van der Waals surface area contributed by atoms with Gasteiger partial charge in [0.25, 0.3) is 0 Å². The summed E-state index contributed by atoms with van der Waals surface area (Å²) < 4.78 is 0. The Morgan fingerprint density at radius 3 is 2.32 bits per heavy atom. The molecule has 112 valence electrons. The Hall–Kier alpha value is -0.610. The predicted octanol–water partition coefficient (Wildman–Crippen LogP) is 1.71. The Labute approximate surface area is 118 Å². The molecule has 1 saturated heterocycles. The molecular formula is C15H31N3O. The summed E-state index contributed by atoms with van der Waals surface area (Å²) in [4.78, 5) is 16.6. The fourth-order valence-corrected chi connectivity index (χ4v) is 2.85. The highest BCUT2D eigenvalue weighted by Gasteiger charge is 2.25. The average molecular weight is 269 g/mol. The van der Waals surface area contributed by atoms with Gasteiger partial charge in [-0.05, 0) is 25.9 Å². The van der Waals surface area contributed by atoms with Crippen LogP contribution in [0.2, 0.25) is 0 Å². The number of nitrogens with one attached hydrogen (secondary N) is 1. The largest absolute Gasteiger partial charge is 0.343 e. The third-order valence-electron chi connectivity index (χ3n) is 4.04. The lowest BCUT2D eigenvalue weighted by molar-refractivity contribution is -0.132. The van der Waals surface area contributed by atoms with Crippen molar-refractivity contribution in [2.75, 3.05) is 32.7 Å². The fourth-order valence-electron chi connectivity index (χ4n) is 2.85. The van der Waals surface area contributed by atoms with Crippen molar-refractivity contribution in [2.45, 2.75) is 59.0 Å². The number of likely N-dealkylation sites (tertiary alicyclic amines) is 1. The summed E-state index contributed by atoms with van der Waals surface area (Å²) in [5.41, 5.74) is 0. The van der Waals surface area contributed by atoms with Crippen LogP contribution in [0.15, 0.2) is 0 Å². The van der Waals surface area contributed by atoms with Crippen molar-refractivity contribution in [3.8, 4) is 0 Å². The second-order valence-corrected chi connectivity index (χ2v) is 5.69. The molecule has 0 bridgehead atoms. The lowest BCUT2D eigenvalue weighted by Gasteiger charge is -2.37. The quantitative estimate of drug-likeness (QED) is 0.764. The van der Waals surface area contributed by atoms with Gasteiger partial charge in [0.1, 0.15) is 0 Å². The Kier molecular flexibility index (Phi) is 7.39. The summed E-state index contributed by atoms with van der Waals surface area (Å²) in [5.74, 6) is 0.311. The SMILES string of the molecule is CCN(CC)C1CCN(C(=O)CCNC(C)C)CC1. The van der Waals surface area contributed by atoms with Crippen LogP contribution in [0.3, 0.4) is 0 Å². The molecular weight excluding hydrogens is 238 g/mol. The zero-order valence-corrected chi connectivity index (χ0v) is 13.1. The molecule has 1 aliphatic rings. The van der Waals surface area contributed by atoms with Gasteiger partial charge in [-0.1, -0.05) is 27.7 Å². The first-order chi connectivity index (χ1) is 9.08. The molecule has 0 atom stereocenters. The minimum atomic E-state index is 0.311. The van der Waals surface area contributed by atoms with Crippen molar-refractivity contribution >= 4 is 5.91 Å². The van der Waals surface area contributed by atoms with E-state index in [1.807, 2.05) is 4.90 Å². The van der Waals surface area contributed by atoms with Crippen LogP contribution in [0, 0.1) is 0 Å². The highest BCUT2D eigenvalue weighted by Crippen LogP contribution is 2.16. The lowest BCUT2D eigenvalue weighted by Crippen LogP contribution is -2.47. The van der Waals surface area contributed by atoms with Gasteiger partial charge in [0, 0.05) is 38.1 Å². The highest BCUT2D eigenvalue weighted by atomic mass is 16.2. The molecule has 0 aliphatic carbocycles. The van der Waals surface area contributed by atoms with Crippen LogP contribution in [-0.2, 0) is 4.79 Å². The van der Waals surface area contributed by atoms with Crippen molar-refractivity contribution < 1.29 is 4.79 Å². The van der Waals surface area contributed by atoms with Crippen LogP contribution in [0.4, 0.5) is 0 Å². The van der Waals surface area contributed by atoms with E-state index >= 15 is 0 Å². The van der Waals surface area contributed by atoms with Crippen LogP contribution in [0.25, 0.3) is 0 Å². The Morgan fingerprint density at radius 2 is 1.84 bits per heavy atom.